The minimum atomic E-state index is -0.529. The molecule has 0 heterocycles. The van der Waals surface area contributed by atoms with E-state index < -0.39 is 5.82 Å². The van der Waals surface area contributed by atoms with Gasteiger partial charge in [-0.25, -0.2) is 4.39 Å². The van der Waals surface area contributed by atoms with Crippen LogP contribution in [-0.4, -0.2) is 11.6 Å². The van der Waals surface area contributed by atoms with Gasteiger partial charge in [-0.05, 0) is 55.0 Å². The van der Waals surface area contributed by atoms with Crippen LogP contribution in [0.1, 0.15) is 57.5 Å². The minimum Gasteiger partial charge on any atom is -0.294 e. The van der Waals surface area contributed by atoms with Crippen molar-refractivity contribution in [3.05, 3.63) is 70.5 Å². The average Bonchev–Trinajstić information content (AvgIpc) is 2.59. The lowest BCUT2D eigenvalue weighted by Gasteiger charge is -2.16. The zero-order chi connectivity index (χ0) is 16.2. The fourth-order valence-corrected chi connectivity index (χ4v) is 3.10. The van der Waals surface area contributed by atoms with E-state index in [2.05, 4.69) is 0 Å². The van der Waals surface area contributed by atoms with Gasteiger partial charge in [0.25, 0.3) is 0 Å². The van der Waals surface area contributed by atoms with Gasteiger partial charge in [-0.15, -0.1) is 0 Å². The summed E-state index contributed by atoms with van der Waals surface area (Å²) in [5, 5.41) is 0. The van der Waals surface area contributed by atoms with Crippen LogP contribution >= 0.6 is 0 Å². The Hall–Kier alpha value is -2.29. The maximum Gasteiger partial charge on any atom is 0.166 e. The fourth-order valence-electron chi connectivity index (χ4n) is 3.10. The third-order valence-electron chi connectivity index (χ3n) is 4.42. The third-order valence-corrected chi connectivity index (χ3v) is 4.42. The smallest absolute Gasteiger partial charge is 0.166 e. The molecule has 1 aliphatic carbocycles. The van der Waals surface area contributed by atoms with E-state index in [9.17, 15) is 14.0 Å². The van der Waals surface area contributed by atoms with Gasteiger partial charge in [-0.3, -0.25) is 9.59 Å². The topological polar surface area (TPSA) is 34.1 Å². The predicted octanol–water partition coefficient (Wildman–Crippen LogP) is 4.55. The molecule has 0 radical (unpaired) electrons. The molecule has 2 nitrogen and oxygen atoms in total. The molecule has 0 saturated heterocycles. The van der Waals surface area contributed by atoms with Crippen LogP contribution in [0, 0.1) is 5.82 Å². The molecule has 0 N–H and O–H groups in total. The number of ketones is 2. The quantitative estimate of drug-likeness (QED) is 0.759. The van der Waals surface area contributed by atoms with Crippen molar-refractivity contribution in [2.75, 3.05) is 0 Å². The molecule has 2 aromatic rings. The molecule has 23 heavy (non-hydrogen) atoms. The molecule has 0 unspecified atom stereocenters. The van der Waals surface area contributed by atoms with E-state index in [0.29, 0.717) is 5.56 Å². The number of aryl methyl sites for hydroxylation is 2. The second-order valence-corrected chi connectivity index (χ2v) is 6.02. The van der Waals surface area contributed by atoms with Crippen molar-refractivity contribution in [3.8, 4) is 0 Å². The number of rotatable bonds is 5. The molecule has 0 aliphatic heterocycles. The van der Waals surface area contributed by atoms with Gasteiger partial charge in [-0.1, -0.05) is 24.3 Å². The van der Waals surface area contributed by atoms with Crippen molar-refractivity contribution >= 4 is 11.6 Å². The lowest BCUT2D eigenvalue weighted by molar-refractivity contribution is 0.0915. The van der Waals surface area contributed by atoms with E-state index in [1.165, 1.54) is 29.7 Å². The maximum atomic E-state index is 13.6. The van der Waals surface area contributed by atoms with Crippen molar-refractivity contribution < 1.29 is 14.0 Å². The largest absolute Gasteiger partial charge is 0.294 e. The summed E-state index contributed by atoms with van der Waals surface area (Å²) in [6.45, 7) is 0. The number of carbonyl (C=O) groups excluding carboxylic acids is 2. The maximum absolute atomic E-state index is 13.6. The van der Waals surface area contributed by atoms with Gasteiger partial charge in [0.05, 0.1) is 5.56 Å². The normalized spacial score (nSPS) is 13.4. The Balaban J connectivity index is 1.66. The molecule has 2 aromatic carbocycles. The molecule has 0 spiro atoms. The van der Waals surface area contributed by atoms with Crippen LogP contribution < -0.4 is 0 Å². The molecule has 0 saturated carbocycles. The van der Waals surface area contributed by atoms with Crippen LogP contribution in [0.25, 0.3) is 0 Å². The molecule has 118 valence electrons. The van der Waals surface area contributed by atoms with E-state index >= 15 is 0 Å². The molecular formula is C20H19FO2. The van der Waals surface area contributed by atoms with Crippen molar-refractivity contribution in [1.29, 1.82) is 0 Å². The van der Waals surface area contributed by atoms with Gasteiger partial charge in [0.1, 0.15) is 5.82 Å². The number of carbonyl (C=O) groups is 2. The summed E-state index contributed by atoms with van der Waals surface area (Å²) < 4.78 is 13.6. The predicted molar refractivity (Wildman–Crippen MR) is 87.4 cm³/mol. The van der Waals surface area contributed by atoms with Crippen molar-refractivity contribution in [3.63, 3.8) is 0 Å². The van der Waals surface area contributed by atoms with Gasteiger partial charge < -0.3 is 0 Å². The number of benzene rings is 2. The summed E-state index contributed by atoms with van der Waals surface area (Å²) in [6, 6.07) is 11.7. The van der Waals surface area contributed by atoms with Crippen LogP contribution in [0.15, 0.2) is 42.5 Å². The van der Waals surface area contributed by atoms with Gasteiger partial charge in [0.15, 0.2) is 11.6 Å². The molecule has 0 bridgehead atoms. The summed E-state index contributed by atoms with van der Waals surface area (Å²) in [6.07, 6.45) is 4.62. The third kappa shape index (κ3) is 3.55. The highest BCUT2D eigenvalue weighted by Crippen LogP contribution is 2.23. The Bertz CT molecular complexity index is 749. The average molecular weight is 310 g/mol. The SMILES string of the molecule is O=C(CCC(=O)c1ccccc1F)c1ccc2c(c1)CCCC2. The Morgan fingerprint density at radius 1 is 0.870 bits per heavy atom. The molecule has 0 atom stereocenters. The van der Waals surface area contributed by atoms with Crippen LogP contribution in [0.2, 0.25) is 0 Å². The second kappa shape index (κ2) is 6.86. The number of halogens is 1. The molecule has 1 aliphatic rings. The summed E-state index contributed by atoms with van der Waals surface area (Å²) in [5.41, 5.74) is 3.30. The van der Waals surface area contributed by atoms with Crippen LogP contribution in [0.3, 0.4) is 0 Å². The Morgan fingerprint density at radius 3 is 2.35 bits per heavy atom. The molecule has 0 amide bonds. The summed E-state index contributed by atoms with van der Waals surface area (Å²) in [5.74, 6) is -0.906. The van der Waals surface area contributed by atoms with E-state index in [0.717, 1.165) is 19.3 Å². The second-order valence-electron chi connectivity index (χ2n) is 6.02. The molecular weight excluding hydrogens is 291 g/mol. The highest BCUT2D eigenvalue weighted by molar-refractivity contribution is 6.02. The van der Waals surface area contributed by atoms with Gasteiger partial charge >= 0.3 is 0 Å². The lowest BCUT2D eigenvalue weighted by atomic mass is 9.89. The Morgan fingerprint density at radius 2 is 1.57 bits per heavy atom. The lowest BCUT2D eigenvalue weighted by Crippen LogP contribution is -2.09. The first-order valence-electron chi connectivity index (χ1n) is 8.08. The Kier molecular flexibility index (Phi) is 4.65. The summed E-state index contributed by atoms with van der Waals surface area (Å²) in [4.78, 5) is 24.3. The zero-order valence-corrected chi connectivity index (χ0v) is 13.0. The molecule has 3 rings (SSSR count). The fraction of sp³-hybridized carbons (Fsp3) is 0.300. The van der Waals surface area contributed by atoms with Crippen LogP contribution in [-0.2, 0) is 12.8 Å². The summed E-state index contributed by atoms with van der Waals surface area (Å²) in [7, 11) is 0. The van der Waals surface area contributed by atoms with Gasteiger partial charge in [-0.2, -0.15) is 0 Å². The first kappa shape index (κ1) is 15.6. The highest BCUT2D eigenvalue weighted by Gasteiger charge is 2.16. The van der Waals surface area contributed by atoms with Gasteiger partial charge in [0, 0.05) is 18.4 Å². The molecule has 3 heteroatoms. The van der Waals surface area contributed by atoms with E-state index in [-0.39, 0.29) is 30.0 Å². The first-order valence-corrected chi connectivity index (χ1v) is 8.08. The standard InChI is InChI=1S/C20H19FO2/c21-18-8-4-3-7-17(18)20(23)12-11-19(22)16-10-9-14-5-1-2-6-15(14)13-16/h3-4,7-10,13H,1-2,5-6,11-12H2. The number of hydrogen-bond acceptors (Lipinski definition) is 2. The van der Waals surface area contributed by atoms with E-state index in [1.54, 1.807) is 12.1 Å². The van der Waals surface area contributed by atoms with E-state index in [1.807, 2.05) is 18.2 Å². The molecule has 0 aromatic heterocycles. The van der Waals surface area contributed by atoms with Crippen molar-refractivity contribution in [2.45, 2.75) is 38.5 Å². The number of hydrogen-bond donors (Lipinski definition) is 0. The van der Waals surface area contributed by atoms with Crippen molar-refractivity contribution in [1.82, 2.24) is 0 Å². The van der Waals surface area contributed by atoms with Gasteiger partial charge in [0.2, 0.25) is 0 Å². The van der Waals surface area contributed by atoms with Crippen molar-refractivity contribution in [2.24, 2.45) is 0 Å². The monoisotopic (exact) mass is 310 g/mol. The minimum absolute atomic E-state index is 0.0385. The number of fused-ring (bicyclic) bond motifs is 1. The van der Waals surface area contributed by atoms with E-state index in [4.69, 9.17) is 0 Å². The Labute approximate surface area is 135 Å². The summed E-state index contributed by atoms with van der Waals surface area (Å²) >= 11 is 0. The highest BCUT2D eigenvalue weighted by atomic mass is 19.1. The first-order chi connectivity index (χ1) is 11.1. The molecule has 0 fully saturated rings. The number of Topliss-reactive ketones (excluding diaryl/α,β-unsaturated/α-hetero) is 2. The van der Waals surface area contributed by atoms with Crippen LogP contribution in [0.4, 0.5) is 4.39 Å². The zero-order valence-electron chi connectivity index (χ0n) is 13.0. The van der Waals surface area contributed by atoms with Crippen LogP contribution in [0.5, 0.6) is 0 Å².